The molecule has 0 unspecified atom stereocenters. The van der Waals surface area contributed by atoms with E-state index in [-0.39, 0.29) is 36.1 Å². The molecule has 4 rings (SSSR count). The van der Waals surface area contributed by atoms with E-state index in [1.165, 1.54) is 11.5 Å². The minimum atomic E-state index is -2.81. The van der Waals surface area contributed by atoms with Crippen LogP contribution in [-0.4, -0.2) is 113 Å². The SMILES string of the molecule is CC(=O)NCC(=O)N1CCN(C(=N)N=C(N=C(C)n2c(C(F)F)nc3ccccc32)N2CCOCC2)CC1. The summed E-state index contributed by atoms with van der Waals surface area (Å²) in [5.74, 6) is -0.445. The Kier molecular flexibility index (Phi) is 8.61. The fourth-order valence-corrected chi connectivity index (χ4v) is 4.30. The number of hydrogen-bond acceptors (Lipinski definition) is 5. The second kappa shape index (κ2) is 12.1. The van der Waals surface area contributed by atoms with E-state index < -0.39 is 12.2 Å². The average molecular weight is 532 g/mol. The lowest BCUT2D eigenvalue weighted by Gasteiger charge is -2.35. The lowest BCUT2D eigenvalue weighted by molar-refractivity contribution is -0.133. The van der Waals surface area contributed by atoms with Gasteiger partial charge in [-0.1, -0.05) is 12.1 Å². The van der Waals surface area contributed by atoms with Gasteiger partial charge in [-0.05, 0) is 19.1 Å². The van der Waals surface area contributed by atoms with Crippen molar-refractivity contribution in [3.05, 3.63) is 30.1 Å². The van der Waals surface area contributed by atoms with E-state index >= 15 is 0 Å². The van der Waals surface area contributed by atoms with Crippen molar-refractivity contribution in [1.29, 1.82) is 5.41 Å². The Morgan fingerprint density at radius 3 is 2.34 bits per heavy atom. The van der Waals surface area contributed by atoms with Crippen LogP contribution in [0.2, 0.25) is 0 Å². The highest BCUT2D eigenvalue weighted by molar-refractivity contribution is 6.03. The number of alkyl halides is 2. The first-order chi connectivity index (χ1) is 18.2. The lowest BCUT2D eigenvalue weighted by Crippen LogP contribution is -2.52. The first-order valence-corrected chi connectivity index (χ1v) is 12.3. The number of para-hydroxylation sites is 2. The van der Waals surface area contributed by atoms with Gasteiger partial charge in [-0.15, -0.1) is 0 Å². The minimum Gasteiger partial charge on any atom is -0.378 e. The second-order valence-corrected chi connectivity index (χ2v) is 8.87. The average Bonchev–Trinajstić information content (AvgIpc) is 3.32. The fourth-order valence-electron chi connectivity index (χ4n) is 4.30. The third kappa shape index (κ3) is 6.30. The summed E-state index contributed by atoms with van der Waals surface area (Å²) in [5, 5.41) is 11.1. The van der Waals surface area contributed by atoms with Gasteiger partial charge in [-0.3, -0.25) is 19.6 Å². The van der Waals surface area contributed by atoms with Crippen molar-refractivity contribution in [1.82, 2.24) is 29.6 Å². The zero-order valence-corrected chi connectivity index (χ0v) is 21.4. The van der Waals surface area contributed by atoms with Crippen LogP contribution in [0.5, 0.6) is 0 Å². The van der Waals surface area contributed by atoms with Crippen LogP contribution in [0.25, 0.3) is 11.0 Å². The number of nitrogens with one attached hydrogen (secondary N) is 2. The molecule has 2 saturated heterocycles. The summed E-state index contributed by atoms with van der Waals surface area (Å²) < 4.78 is 34.5. The maximum absolute atomic E-state index is 13.9. The van der Waals surface area contributed by atoms with Crippen LogP contribution in [-0.2, 0) is 14.3 Å². The Labute approximate surface area is 218 Å². The summed E-state index contributed by atoms with van der Waals surface area (Å²) in [7, 11) is 0. The van der Waals surface area contributed by atoms with Crippen LogP contribution in [0, 0.1) is 5.41 Å². The number of piperazine rings is 1. The van der Waals surface area contributed by atoms with Gasteiger partial charge in [0.25, 0.3) is 6.43 Å². The molecule has 2 aliphatic heterocycles. The van der Waals surface area contributed by atoms with Crippen molar-refractivity contribution in [3.8, 4) is 0 Å². The molecule has 2 fully saturated rings. The molecular weight excluding hydrogens is 500 g/mol. The number of imidazole rings is 1. The van der Waals surface area contributed by atoms with Crippen molar-refractivity contribution in [2.75, 3.05) is 59.0 Å². The highest BCUT2D eigenvalue weighted by atomic mass is 19.3. The van der Waals surface area contributed by atoms with E-state index in [0.29, 0.717) is 63.5 Å². The van der Waals surface area contributed by atoms with Gasteiger partial charge in [0.15, 0.2) is 5.82 Å². The van der Waals surface area contributed by atoms with E-state index in [9.17, 15) is 18.4 Å². The Morgan fingerprint density at radius 1 is 1.03 bits per heavy atom. The van der Waals surface area contributed by atoms with Gasteiger partial charge in [0.05, 0.1) is 30.8 Å². The van der Waals surface area contributed by atoms with E-state index in [1.807, 2.05) is 4.90 Å². The molecule has 2 aromatic rings. The molecule has 0 spiro atoms. The number of carbonyl (C=O) groups is 2. The molecule has 3 heterocycles. The molecule has 14 heteroatoms. The number of nitrogens with zero attached hydrogens (tertiary/aromatic N) is 7. The second-order valence-electron chi connectivity index (χ2n) is 8.87. The molecule has 0 saturated carbocycles. The fraction of sp³-hybridized carbons (Fsp3) is 0.500. The number of halogens is 2. The van der Waals surface area contributed by atoms with Crippen molar-refractivity contribution >= 4 is 40.6 Å². The maximum atomic E-state index is 13.9. The Bertz CT molecular complexity index is 1250. The number of benzene rings is 1. The van der Waals surface area contributed by atoms with E-state index in [0.717, 1.165) is 0 Å². The van der Waals surface area contributed by atoms with Crippen molar-refractivity contribution < 1.29 is 23.1 Å². The molecular formula is C24H31F2N9O3. The van der Waals surface area contributed by atoms with Crippen molar-refractivity contribution in [3.63, 3.8) is 0 Å². The summed E-state index contributed by atoms with van der Waals surface area (Å²) in [4.78, 5) is 41.7. The van der Waals surface area contributed by atoms with Crippen LogP contribution < -0.4 is 5.32 Å². The number of guanidine groups is 2. The standard InChI is InChI=1S/C24H31F2N9O3/c1-16(35-19-6-4-3-5-18(19)30-22(35)21(25)26)29-24(34-11-13-38-14-12-34)31-23(27)33-9-7-32(8-10-33)20(37)15-28-17(2)36/h3-6,21,27H,7-15H2,1-2H3,(H,28,36). The predicted molar refractivity (Wildman–Crippen MR) is 138 cm³/mol. The van der Waals surface area contributed by atoms with Gasteiger partial charge in [-0.2, -0.15) is 9.98 Å². The van der Waals surface area contributed by atoms with E-state index in [2.05, 4.69) is 20.3 Å². The third-order valence-corrected chi connectivity index (χ3v) is 6.29. The smallest absolute Gasteiger partial charge is 0.296 e. The predicted octanol–water partition coefficient (Wildman–Crippen LogP) is 1.14. The Morgan fingerprint density at radius 2 is 1.68 bits per heavy atom. The molecule has 2 aliphatic rings. The molecule has 204 valence electrons. The number of hydrogen-bond donors (Lipinski definition) is 2. The third-order valence-electron chi connectivity index (χ3n) is 6.29. The van der Waals surface area contributed by atoms with Crippen LogP contribution >= 0.6 is 0 Å². The van der Waals surface area contributed by atoms with Crippen LogP contribution in [0.4, 0.5) is 8.78 Å². The lowest BCUT2D eigenvalue weighted by atomic mass is 10.3. The first kappa shape index (κ1) is 27.1. The summed E-state index contributed by atoms with van der Waals surface area (Å²) in [6, 6.07) is 6.85. The van der Waals surface area contributed by atoms with Gasteiger partial charge in [0.2, 0.25) is 23.7 Å². The van der Waals surface area contributed by atoms with Crippen LogP contribution in [0.15, 0.2) is 34.3 Å². The van der Waals surface area contributed by atoms with Crippen molar-refractivity contribution in [2.45, 2.75) is 20.3 Å². The number of rotatable bonds is 3. The number of amides is 2. The zero-order chi connectivity index (χ0) is 27.2. The zero-order valence-electron chi connectivity index (χ0n) is 21.4. The van der Waals surface area contributed by atoms with E-state index in [1.54, 1.807) is 41.0 Å². The number of aliphatic imine (C=N–C) groups is 2. The van der Waals surface area contributed by atoms with Gasteiger partial charge in [0.1, 0.15) is 5.84 Å². The van der Waals surface area contributed by atoms with Gasteiger partial charge in [-0.25, -0.2) is 13.8 Å². The highest BCUT2D eigenvalue weighted by Gasteiger charge is 2.25. The monoisotopic (exact) mass is 531 g/mol. The molecule has 12 nitrogen and oxygen atoms in total. The molecule has 0 bridgehead atoms. The number of morpholine rings is 1. The molecule has 0 aliphatic carbocycles. The molecule has 0 atom stereocenters. The molecule has 2 N–H and O–H groups in total. The van der Waals surface area contributed by atoms with E-state index in [4.69, 9.17) is 10.1 Å². The normalized spacial score (nSPS) is 17.3. The number of aromatic nitrogens is 2. The largest absolute Gasteiger partial charge is 0.378 e. The molecule has 0 radical (unpaired) electrons. The Hall–Kier alpha value is -3.94. The van der Waals surface area contributed by atoms with Crippen LogP contribution in [0.3, 0.4) is 0 Å². The molecule has 2 amide bonds. The summed E-state index contributed by atoms with van der Waals surface area (Å²) >= 11 is 0. The molecule has 1 aromatic heterocycles. The molecule has 38 heavy (non-hydrogen) atoms. The van der Waals surface area contributed by atoms with Gasteiger partial charge >= 0.3 is 0 Å². The quantitative estimate of drug-likeness (QED) is 0.451. The summed E-state index contributed by atoms with van der Waals surface area (Å²) in [6.45, 7) is 6.30. The number of ether oxygens (including phenoxy) is 1. The van der Waals surface area contributed by atoms with Crippen LogP contribution in [0.1, 0.15) is 26.1 Å². The van der Waals surface area contributed by atoms with Gasteiger partial charge < -0.3 is 24.8 Å². The minimum absolute atomic E-state index is 0.0402. The highest BCUT2D eigenvalue weighted by Crippen LogP contribution is 2.24. The van der Waals surface area contributed by atoms with Gasteiger partial charge in [0, 0.05) is 46.2 Å². The first-order valence-electron chi connectivity index (χ1n) is 12.3. The Balaban J connectivity index is 1.56. The molecule has 1 aromatic carbocycles. The van der Waals surface area contributed by atoms with Crippen molar-refractivity contribution in [2.24, 2.45) is 9.98 Å². The maximum Gasteiger partial charge on any atom is 0.296 e. The summed E-state index contributed by atoms with van der Waals surface area (Å²) in [5.41, 5.74) is 0.932. The number of carbonyl (C=O) groups excluding carboxylic acids is 2. The number of fused-ring (bicyclic) bond motifs is 1. The summed E-state index contributed by atoms with van der Waals surface area (Å²) in [6.07, 6.45) is -2.81. The topological polar surface area (TPSA) is 132 Å².